The lowest BCUT2D eigenvalue weighted by molar-refractivity contribution is -0.141. The third-order valence-corrected chi connectivity index (χ3v) is 3.12. The fourth-order valence-electron chi connectivity index (χ4n) is 2.11. The van der Waals surface area contributed by atoms with Crippen LogP contribution in [0.2, 0.25) is 0 Å². The zero-order valence-corrected chi connectivity index (χ0v) is 9.39. The van der Waals surface area contributed by atoms with Crippen molar-refractivity contribution in [2.45, 2.75) is 19.3 Å². The first-order valence-electron chi connectivity index (χ1n) is 5.63. The van der Waals surface area contributed by atoms with Crippen LogP contribution in [0.5, 0.6) is 0 Å². The maximum absolute atomic E-state index is 10.8. The molecule has 1 N–H and O–H groups in total. The first-order valence-corrected chi connectivity index (χ1v) is 5.63. The summed E-state index contributed by atoms with van der Waals surface area (Å²) in [6.07, 6.45) is 4.02. The number of benzene rings is 1. The van der Waals surface area contributed by atoms with Crippen LogP contribution in [0.25, 0.3) is 5.57 Å². The van der Waals surface area contributed by atoms with Crippen LogP contribution in [0.1, 0.15) is 30.4 Å². The molecule has 0 saturated carbocycles. The Hall–Kier alpha value is -2.08. The van der Waals surface area contributed by atoms with Crippen LogP contribution < -0.4 is 0 Å². The number of carboxylic acid groups (broad SMARTS) is 1. The van der Waals surface area contributed by atoms with E-state index in [1.807, 2.05) is 24.3 Å². The number of hydrogen-bond donors (Lipinski definition) is 1. The lowest BCUT2D eigenvalue weighted by Gasteiger charge is -2.18. The summed E-state index contributed by atoms with van der Waals surface area (Å²) < 4.78 is 0. The number of carboxylic acids is 1. The van der Waals surface area contributed by atoms with Gasteiger partial charge in [0, 0.05) is 0 Å². The molecule has 0 aromatic heterocycles. The summed E-state index contributed by atoms with van der Waals surface area (Å²) in [6, 6.07) is 9.56. The number of carbonyl (C=O) groups is 1. The van der Waals surface area contributed by atoms with Crippen molar-refractivity contribution in [2.24, 2.45) is 5.92 Å². The molecule has 86 valence electrons. The van der Waals surface area contributed by atoms with E-state index in [9.17, 15) is 4.79 Å². The van der Waals surface area contributed by atoms with Gasteiger partial charge in [-0.15, -0.1) is 0 Å². The fourth-order valence-corrected chi connectivity index (χ4v) is 2.11. The molecular formula is C14H13NO2. The van der Waals surface area contributed by atoms with Gasteiger partial charge < -0.3 is 5.11 Å². The Morgan fingerprint density at radius 2 is 2.29 bits per heavy atom. The molecule has 0 aliphatic heterocycles. The predicted octanol–water partition coefficient (Wildman–Crippen LogP) is 2.83. The van der Waals surface area contributed by atoms with E-state index in [-0.39, 0.29) is 5.92 Å². The lowest BCUT2D eigenvalue weighted by atomic mass is 9.86. The van der Waals surface area contributed by atoms with Gasteiger partial charge in [-0.05, 0) is 42.5 Å². The molecule has 0 saturated heterocycles. The molecular weight excluding hydrogens is 214 g/mol. The molecule has 0 spiro atoms. The molecule has 3 nitrogen and oxygen atoms in total. The van der Waals surface area contributed by atoms with Crippen molar-refractivity contribution in [3.63, 3.8) is 0 Å². The topological polar surface area (TPSA) is 61.1 Å². The highest BCUT2D eigenvalue weighted by atomic mass is 16.4. The zero-order chi connectivity index (χ0) is 12.3. The quantitative estimate of drug-likeness (QED) is 0.845. The largest absolute Gasteiger partial charge is 0.481 e. The third-order valence-electron chi connectivity index (χ3n) is 3.12. The molecule has 1 atom stereocenters. The first-order chi connectivity index (χ1) is 8.20. The van der Waals surface area contributed by atoms with E-state index in [1.54, 1.807) is 6.07 Å². The van der Waals surface area contributed by atoms with Gasteiger partial charge in [0.2, 0.25) is 0 Å². The number of nitrogens with zero attached hydrogens (tertiary/aromatic N) is 1. The maximum Gasteiger partial charge on any atom is 0.306 e. The molecule has 0 amide bonds. The fraction of sp³-hybridized carbons (Fsp3) is 0.286. The molecule has 1 aliphatic rings. The van der Waals surface area contributed by atoms with Gasteiger partial charge >= 0.3 is 5.97 Å². The van der Waals surface area contributed by atoms with Crippen molar-refractivity contribution in [1.82, 2.24) is 0 Å². The summed E-state index contributed by atoms with van der Waals surface area (Å²) in [4.78, 5) is 10.8. The van der Waals surface area contributed by atoms with Crippen molar-refractivity contribution >= 4 is 11.5 Å². The number of nitriles is 1. The Labute approximate surface area is 100 Å². The van der Waals surface area contributed by atoms with Crippen molar-refractivity contribution in [3.8, 4) is 6.07 Å². The minimum Gasteiger partial charge on any atom is -0.481 e. The minimum atomic E-state index is -0.717. The van der Waals surface area contributed by atoms with Crippen molar-refractivity contribution < 1.29 is 9.90 Å². The summed E-state index contributed by atoms with van der Waals surface area (Å²) in [5.74, 6) is -0.969. The summed E-state index contributed by atoms with van der Waals surface area (Å²) in [5, 5.41) is 17.7. The molecule has 1 unspecified atom stereocenters. The first kappa shape index (κ1) is 11.4. The molecule has 17 heavy (non-hydrogen) atoms. The molecule has 0 fully saturated rings. The van der Waals surface area contributed by atoms with E-state index in [0.29, 0.717) is 18.4 Å². The van der Waals surface area contributed by atoms with Gasteiger partial charge in [-0.3, -0.25) is 4.79 Å². The van der Waals surface area contributed by atoms with Crippen LogP contribution in [0.15, 0.2) is 30.3 Å². The Bertz CT molecular complexity index is 511. The summed E-state index contributed by atoms with van der Waals surface area (Å²) in [7, 11) is 0. The average molecular weight is 227 g/mol. The number of rotatable bonds is 2. The number of aliphatic carboxylic acids is 1. The van der Waals surface area contributed by atoms with Crippen molar-refractivity contribution in [2.75, 3.05) is 0 Å². The van der Waals surface area contributed by atoms with Gasteiger partial charge in [0.25, 0.3) is 0 Å². The SMILES string of the molecule is N#Cc1cccc(C2=CCC(C(=O)O)CC2)c1. The smallest absolute Gasteiger partial charge is 0.306 e. The molecule has 0 bridgehead atoms. The predicted molar refractivity (Wildman–Crippen MR) is 64.1 cm³/mol. The van der Waals surface area contributed by atoms with Crippen molar-refractivity contribution in [3.05, 3.63) is 41.5 Å². The van der Waals surface area contributed by atoms with Crippen LogP contribution >= 0.6 is 0 Å². The molecule has 0 radical (unpaired) electrons. The Morgan fingerprint density at radius 1 is 1.47 bits per heavy atom. The normalized spacial score (nSPS) is 19.2. The Kier molecular flexibility index (Phi) is 3.24. The zero-order valence-electron chi connectivity index (χ0n) is 9.39. The second-order valence-corrected chi connectivity index (χ2v) is 4.23. The van der Waals surface area contributed by atoms with Crippen molar-refractivity contribution in [1.29, 1.82) is 5.26 Å². The highest BCUT2D eigenvalue weighted by Crippen LogP contribution is 2.30. The van der Waals surface area contributed by atoms with E-state index in [1.165, 1.54) is 0 Å². The average Bonchev–Trinajstić information content (AvgIpc) is 2.39. The summed E-state index contributed by atoms with van der Waals surface area (Å²) >= 11 is 0. The molecule has 0 heterocycles. The molecule has 1 aromatic carbocycles. The van der Waals surface area contributed by atoms with E-state index >= 15 is 0 Å². The van der Waals surface area contributed by atoms with E-state index in [2.05, 4.69) is 6.07 Å². The summed E-state index contributed by atoms with van der Waals surface area (Å²) in [5.41, 5.74) is 2.83. The molecule has 3 heteroatoms. The maximum atomic E-state index is 10.8. The highest BCUT2D eigenvalue weighted by Gasteiger charge is 2.21. The van der Waals surface area contributed by atoms with Gasteiger partial charge in [-0.2, -0.15) is 5.26 Å². The Balaban J connectivity index is 2.19. The molecule has 1 aliphatic carbocycles. The number of allylic oxidation sites excluding steroid dienone is 2. The van der Waals surface area contributed by atoms with Gasteiger partial charge in [-0.25, -0.2) is 0 Å². The van der Waals surface area contributed by atoms with Crippen LogP contribution in [-0.4, -0.2) is 11.1 Å². The molecule has 2 rings (SSSR count). The standard InChI is InChI=1S/C14H13NO2/c15-9-10-2-1-3-13(8-10)11-4-6-12(7-5-11)14(16)17/h1-4,8,12H,5-7H2,(H,16,17). The van der Waals surface area contributed by atoms with E-state index < -0.39 is 5.97 Å². The van der Waals surface area contributed by atoms with Crippen LogP contribution in [0, 0.1) is 17.2 Å². The van der Waals surface area contributed by atoms with Crippen LogP contribution in [0.4, 0.5) is 0 Å². The molecule has 1 aromatic rings. The minimum absolute atomic E-state index is 0.252. The monoisotopic (exact) mass is 227 g/mol. The van der Waals surface area contributed by atoms with Gasteiger partial charge in [0.1, 0.15) is 0 Å². The van der Waals surface area contributed by atoms with Gasteiger partial charge in [0.15, 0.2) is 0 Å². The van der Waals surface area contributed by atoms with Crippen LogP contribution in [-0.2, 0) is 4.79 Å². The van der Waals surface area contributed by atoms with E-state index in [0.717, 1.165) is 17.6 Å². The Morgan fingerprint density at radius 3 is 2.88 bits per heavy atom. The third kappa shape index (κ3) is 2.54. The van der Waals surface area contributed by atoms with E-state index in [4.69, 9.17) is 10.4 Å². The van der Waals surface area contributed by atoms with Crippen LogP contribution in [0.3, 0.4) is 0 Å². The highest BCUT2D eigenvalue weighted by molar-refractivity contribution is 5.74. The lowest BCUT2D eigenvalue weighted by Crippen LogP contribution is -2.15. The van der Waals surface area contributed by atoms with Gasteiger partial charge in [0.05, 0.1) is 17.6 Å². The van der Waals surface area contributed by atoms with Gasteiger partial charge in [-0.1, -0.05) is 18.2 Å². The summed E-state index contributed by atoms with van der Waals surface area (Å²) in [6.45, 7) is 0. The second kappa shape index (κ2) is 4.84. The second-order valence-electron chi connectivity index (χ2n) is 4.23. The number of hydrogen-bond acceptors (Lipinski definition) is 2.